The Morgan fingerprint density at radius 1 is 1.53 bits per heavy atom. The van der Waals surface area contributed by atoms with Gasteiger partial charge in [-0.3, -0.25) is 4.90 Å². The topological polar surface area (TPSA) is 38.5 Å². The van der Waals surface area contributed by atoms with E-state index in [1.165, 1.54) is 12.0 Å². The largest absolute Gasteiger partial charge is 0.497 e. The van der Waals surface area contributed by atoms with Crippen LogP contribution in [0.2, 0.25) is 0 Å². The minimum atomic E-state index is 0.146. The molecule has 0 aliphatic carbocycles. The lowest BCUT2D eigenvalue weighted by atomic mass is 9.94. The van der Waals surface area contributed by atoms with Gasteiger partial charge in [0.15, 0.2) is 0 Å². The van der Waals surface area contributed by atoms with Gasteiger partial charge in [0.2, 0.25) is 0 Å². The van der Waals surface area contributed by atoms with Gasteiger partial charge in [-0.2, -0.15) is 11.8 Å². The molecule has 0 spiro atoms. The Bertz CT molecular complexity index is 426. The molecule has 2 unspecified atom stereocenters. The number of hydrogen-bond acceptors (Lipinski definition) is 4. The average molecular weight is 280 g/mol. The quantitative estimate of drug-likeness (QED) is 0.898. The monoisotopic (exact) mass is 280 g/mol. The summed E-state index contributed by atoms with van der Waals surface area (Å²) >= 11 is 2.03. The summed E-state index contributed by atoms with van der Waals surface area (Å²) in [6, 6.07) is 8.28. The maximum Gasteiger partial charge on any atom is 0.119 e. The van der Waals surface area contributed by atoms with Gasteiger partial charge in [-0.1, -0.05) is 19.1 Å². The summed E-state index contributed by atoms with van der Waals surface area (Å²) in [5.41, 5.74) is 7.49. The van der Waals surface area contributed by atoms with Crippen LogP contribution in [-0.2, 0) is 6.54 Å². The van der Waals surface area contributed by atoms with E-state index in [0.29, 0.717) is 5.25 Å². The zero-order valence-electron chi connectivity index (χ0n) is 12.1. The second kappa shape index (κ2) is 6.16. The number of benzene rings is 1. The molecule has 2 rings (SSSR count). The predicted octanol–water partition coefficient (Wildman–Crippen LogP) is 2.35. The van der Waals surface area contributed by atoms with Gasteiger partial charge in [0.05, 0.1) is 7.11 Å². The van der Waals surface area contributed by atoms with E-state index >= 15 is 0 Å². The van der Waals surface area contributed by atoms with E-state index < -0.39 is 0 Å². The third-order valence-electron chi connectivity index (χ3n) is 4.05. The molecular weight excluding hydrogens is 256 g/mol. The molecule has 2 atom stereocenters. The van der Waals surface area contributed by atoms with Crippen molar-refractivity contribution in [3.05, 3.63) is 29.8 Å². The van der Waals surface area contributed by atoms with Crippen molar-refractivity contribution in [3.63, 3.8) is 0 Å². The van der Waals surface area contributed by atoms with Crippen molar-refractivity contribution in [2.24, 2.45) is 5.73 Å². The van der Waals surface area contributed by atoms with Gasteiger partial charge >= 0.3 is 0 Å². The number of rotatable bonds is 5. The molecule has 0 radical (unpaired) electrons. The molecule has 106 valence electrons. The number of likely N-dealkylation sites (N-methyl/N-ethyl adjacent to an activating group) is 1. The number of hydrogen-bond donors (Lipinski definition) is 1. The Kier molecular flexibility index (Phi) is 4.76. The molecule has 1 aliphatic rings. The molecule has 0 amide bonds. The molecule has 1 aromatic carbocycles. The van der Waals surface area contributed by atoms with Crippen LogP contribution in [0.1, 0.15) is 18.9 Å². The van der Waals surface area contributed by atoms with E-state index in [1.807, 2.05) is 23.9 Å². The van der Waals surface area contributed by atoms with Crippen molar-refractivity contribution in [1.82, 2.24) is 4.90 Å². The molecule has 0 saturated carbocycles. The van der Waals surface area contributed by atoms with Crippen LogP contribution in [0.15, 0.2) is 24.3 Å². The normalized spacial score (nSPS) is 26.9. The van der Waals surface area contributed by atoms with Crippen molar-refractivity contribution in [2.45, 2.75) is 30.7 Å². The zero-order chi connectivity index (χ0) is 13.9. The van der Waals surface area contributed by atoms with E-state index in [2.05, 4.69) is 31.0 Å². The summed E-state index contributed by atoms with van der Waals surface area (Å²) in [5, 5.41) is 0.705. The molecule has 1 saturated heterocycles. The number of nitrogens with two attached hydrogens (primary N) is 1. The Labute approximate surface area is 120 Å². The maximum absolute atomic E-state index is 6.06. The molecule has 1 heterocycles. The number of thioether (sulfide) groups is 1. The van der Waals surface area contributed by atoms with Crippen molar-refractivity contribution >= 4 is 11.8 Å². The molecule has 1 aromatic rings. The first-order valence-corrected chi connectivity index (χ1v) is 7.80. The first kappa shape index (κ1) is 14.7. The van der Waals surface area contributed by atoms with Gasteiger partial charge in [0.25, 0.3) is 0 Å². The van der Waals surface area contributed by atoms with Crippen LogP contribution in [0.25, 0.3) is 0 Å². The second-order valence-electron chi connectivity index (χ2n) is 5.46. The zero-order valence-corrected chi connectivity index (χ0v) is 12.9. The predicted molar refractivity (Wildman–Crippen MR) is 82.8 cm³/mol. The highest BCUT2D eigenvalue weighted by atomic mass is 32.2. The van der Waals surface area contributed by atoms with Crippen LogP contribution >= 0.6 is 11.8 Å². The fourth-order valence-electron chi connectivity index (χ4n) is 2.73. The highest BCUT2D eigenvalue weighted by molar-refractivity contribution is 8.00. The average Bonchev–Trinajstić information content (AvgIpc) is 2.82. The fourth-order valence-corrected chi connectivity index (χ4v) is 4.21. The van der Waals surface area contributed by atoms with Crippen LogP contribution in [0.5, 0.6) is 5.75 Å². The van der Waals surface area contributed by atoms with Crippen LogP contribution in [-0.4, -0.2) is 42.1 Å². The van der Waals surface area contributed by atoms with Gasteiger partial charge in [-0.15, -0.1) is 0 Å². The van der Waals surface area contributed by atoms with Crippen molar-refractivity contribution in [2.75, 3.05) is 26.5 Å². The summed E-state index contributed by atoms with van der Waals surface area (Å²) in [5.74, 6) is 2.05. The Morgan fingerprint density at radius 3 is 2.89 bits per heavy atom. The van der Waals surface area contributed by atoms with E-state index in [4.69, 9.17) is 10.5 Å². The SMILES string of the molecule is COc1cccc(CN(C)C2(CN)CSC(C)C2)c1. The minimum absolute atomic E-state index is 0.146. The first-order chi connectivity index (χ1) is 9.09. The van der Waals surface area contributed by atoms with Gasteiger partial charge in [0.1, 0.15) is 5.75 Å². The second-order valence-corrected chi connectivity index (χ2v) is 6.89. The van der Waals surface area contributed by atoms with Crippen LogP contribution in [0.4, 0.5) is 0 Å². The van der Waals surface area contributed by atoms with Gasteiger partial charge in [-0.05, 0) is 31.2 Å². The van der Waals surface area contributed by atoms with Crippen molar-refractivity contribution < 1.29 is 4.74 Å². The maximum atomic E-state index is 6.06. The van der Waals surface area contributed by atoms with Crippen LogP contribution in [0, 0.1) is 0 Å². The molecule has 2 N–H and O–H groups in total. The Hall–Kier alpha value is -0.710. The summed E-state index contributed by atoms with van der Waals surface area (Å²) in [4.78, 5) is 2.41. The van der Waals surface area contributed by atoms with E-state index in [1.54, 1.807) is 7.11 Å². The molecule has 19 heavy (non-hydrogen) atoms. The van der Waals surface area contributed by atoms with Crippen LogP contribution < -0.4 is 10.5 Å². The van der Waals surface area contributed by atoms with E-state index in [0.717, 1.165) is 24.6 Å². The van der Waals surface area contributed by atoms with Gasteiger partial charge in [0, 0.05) is 29.6 Å². The lowest BCUT2D eigenvalue weighted by molar-refractivity contribution is 0.138. The van der Waals surface area contributed by atoms with E-state index in [-0.39, 0.29) is 5.54 Å². The van der Waals surface area contributed by atoms with Crippen LogP contribution in [0.3, 0.4) is 0 Å². The Morgan fingerprint density at radius 2 is 2.32 bits per heavy atom. The van der Waals surface area contributed by atoms with Crippen molar-refractivity contribution in [1.29, 1.82) is 0 Å². The molecule has 0 bridgehead atoms. The highest BCUT2D eigenvalue weighted by Crippen LogP contribution is 2.38. The summed E-state index contributed by atoms with van der Waals surface area (Å²) in [7, 11) is 3.89. The fraction of sp³-hybridized carbons (Fsp3) is 0.600. The summed E-state index contributed by atoms with van der Waals surface area (Å²) in [6.07, 6.45) is 1.18. The lowest BCUT2D eigenvalue weighted by Gasteiger charge is -2.37. The van der Waals surface area contributed by atoms with E-state index in [9.17, 15) is 0 Å². The molecule has 3 nitrogen and oxygen atoms in total. The number of methoxy groups -OCH3 is 1. The summed E-state index contributed by atoms with van der Waals surface area (Å²) < 4.78 is 5.28. The molecule has 4 heteroatoms. The molecule has 1 fully saturated rings. The third-order valence-corrected chi connectivity index (χ3v) is 5.49. The van der Waals surface area contributed by atoms with Gasteiger partial charge in [-0.25, -0.2) is 0 Å². The molecular formula is C15H24N2OS. The molecule has 0 aromatic heterocycles. The number of nitrogens with zero attached hydrogens (tertiary/aromatic N) is 1. The molecule has 1 aliphatic heterocycles. The standard InChI is InChI=1S/C15H24N2OS/c1-12-8-15(10-16,11-19-12)17(2)9-13-5-4-6-14(7-13)18-3/h4-7,12H,8-11,16H2,1-3H3. The first-order valence-electron chi connectivity index (χ1n) is 6.75. The smallest absolute Gasteiger partial charge is 0.119 e. The minimum Gasteiger partial charge on any atom is -0.497 e. The number of ether oxygens (including phenoxy) is 1. The third kappa shape index (κ3) is 3.25. The van der Waals surface area contributed by atoms with Crippen molar-refractivity contribution in [3.8, 4) is 5.75 Å². The highest BCUT2D eigenvalue weighted by Gasteiger charge is 2.40. The van der Waals surface area contributed by atoms with Gasteiger partial charge < -0.3 is 10.5 Å². The Balaban J connectivity index is 2.08. The lowest BCUT2D eigenvalue weighted by Crippen LogP contribution is -2.52. The summed E-state index contributed by atoms with van der Waals surface area (Å²) in [6.45, 7) is 3.94.